The van der Waals surface area contributed by atoms with Crippen molar-refractivity contribution in [2.24, 2.45) is 0 Å². The number of aromatic nitrogens is 3. The summed E-state index contributed by atoms with van der Waals surface area (Å²) in [5.41, 5.74) is 2.50. The second-order valence-corrected chi connectivity index (χ2v) is 8.93. The Labute approximate surface area is 177 Å². The Hall–Kier alpha value is -1.87. The van der Waals surface area contributed by atoms with Gasteiger partial charge in [0.1, 0.15) is 10.3 Å². The molecule has 0 atom stereocenters. The van der Waals surface area contributed by atoms with Gasteiger partial charge in [0.2, 0.25) is 0 Å². The first-order valence-electron chi connectivity index (χ1n) is 8.23. The number of thiazole rings is 1. The summed E-state index contributed by atoms with van der Waals surface area (Å²) in [5.74, 6) is 0. The van der Waals surface area contributed by atoms with Crippen LogP contribution in [0.5, 0.6) is 0 Å². The average molecular weight is 476 g/mol. The highest BCUT2D eigenvalue weighted by Crippen LogP contribution is 2.21. The van der Waals surface area contributed by atoms with Crippen molar-refractivity contribution in [3.63, 3.8) is 0 Å². The number of hydrogen-bond acceptors (Lipinski definition) is 4. The Morgan fingerprint density at radius 1 is 1.04 bits per heavy atom. The fourth-order valence-corrected chi connectivity index (χ4v) is 4.82. The van der Waals surface area contributed by atoms with E-state index in [4.69, 9.17) is 24.4 Å². The fourth-order valence-electron chi connectivity index (χ4n) is 2.94. The third-order valence-corrected chi connectivity index (χ3v) is 6.52. The molecule has 2 heterocycles. The van der Waals surface area contributed by atoms with Crippen LogP contribution in [0.3, 0.4) is 0 Å². The van der Waals surface area contributed by atoms with E-state index in [0.717, 1.165) is 16.6 Å². The predicted molar refractivity (Wildman–Crippen MR) is 119 cm³/mol. The first-order chi connectivity index (χ1) is 13.0. The van der Waals surface area contributed by atoms with E-state index in [-0.39, 0.29) is 5.56 Å². The van der Waals surface area contributed by atoms with Crippen LogP contribution in [0.4, 0.5) is 0 Å². The standard InChI is InChI=1S/C19H14BrN3OS3/c20-13-6-8-14(9-7-13)23-17(24)15-16(21-18(23)25)22(19(26)27-15)11-10-12-4-2-1-3-5-12/h1-9H,10-11H2,(H,21,25). The molecule has 2 aromatic carbocycles. The Kier molecular flexibility index (Phi) is 5.23. The van der Waals surface area contributed by atoms with Crippen LogP contribution in [0.15, 0.2) is 63.9 Å². The topological polar surface area (TPSA) is 42.7 Å². The molecular weight excluding hydrogens is 462 g/mol. The molecule has 136 valence electrons. The first-order valence-corrected chi connectivity index (χ1v) is 10.7. The SMILES string of the molecule is O=c1c2sc(=S)n(CCc3ccccc3)c2[nH]c(=S)n1-c1ccc(Br)cc1. The molecule has 0 saturated carbocycles. The van der Waals surface area contributed by atoms with Crippen LogP contribution < -0.4 is 5.56 Å². The molecule has 4 aromatic rings. The van der Waals surface area contributed by atoms with E-state index >= 15 is 0 Å². The number of rotatable bonds is 4. The molecule has 0 aliphatic rings. The number of hydrogen-bond donors (Lipinski definition) is 1. The predicted octanol–water partition coefficient (Wildman–Crippen LogP) is 5.65. The van der Waals surface area contributed by atoms with E-state index in [9.17, 15) is 4.79 Å². The lowest BCUT2D eigenvalue weighted by Gasteiger charge is -2.08. The molecule has 0 fully saturated rings. The zero-order valence-electron chi connectivity index (χ0n) is 14.0. The molecule has 0 unspecified atom stereocenters. The number of halogens is 1. The van der Waals surface area contributed by atoms with Gasteiger partial charge in [0.25, 0.3) is 5.56 Å². The minimum Gasteiger partial charge on any atom is -0.317 e. The molecular formula is C19H14BrN3OS3. The number of fused-ring (bicyclic) bond motifs is 1. The Bertz CT molecular complexity index is 1280. The molecule has 8 heteroatoms. The van der Waals surface area contributed by atoms with Gasteiger partial charge in [-0.2, -0.15) is 0 Å². The fraction of sp³-hybridized carbons (Fsp3) is 0.105. The zero-order chi connectivity index (χ0) is 19.0. The van der Waals surface area contributed by atoms with Gasteiger partial charge in [-0.1, -0.05) is 57.6 Å². The number of nitrogens with one attached hydrogen (secondary N) is 1. The monoisotopic (exact) mass is 475 g/mol. The van der Waals surface area contributed by atoms with E-state index in [1.165, 1.54) is 21.5 Å². The summed E-state index contributed by atoms with van der Waals surface area (Å²) >= 11 is 15.7. The molecule has 4 nitrogen and oxygen atoms in total. The highest BCUT2D eigenvalue weighted by atomic mass is 79.9. The molecule has 27 heavy (non-hydrogen) atoms. The van der Waals surface area contributed by atoms with Gasteiger partial charge in [-0.05, 0) is 60.7 Å². The normalized spacial score (nSPS) is 11.1. The molecule has 1 N–H and O–H groups in total. The van der Waals surface area contributed by atoms with Crippen molar-refractivity contribution >= 4 is 62.0 Å². The molecule has 0 saturated heterocycles. The van der Waals surface area contributed by atoms with Crippen molar-refractivity contribution < 1.29 is 0 Å². The largest absolute Gasteiger partial charge is 0.317 e. The van der Waals surface area contributed by atoms with Gasteiger partial charge in [-0.3, -0.25) is 9.36 Å². The molecule has 0 aliphatic carbocycles. The van der Waals surface area contributed by atoms with Crippen LogP contribution in [0.2, 0.25) is 0 Å². The Morgan fingerprint density at radius 2 is 1.74 bits per heavy atom. The maximum Gasteiger partial charge on any atom is 0.278 e. The van der Waals surface area contributed by atoms with Crippen LogP contribution >= 0.6 is 51.7 Å². The number of nitrogens with zero attached hydrogens (tertiary/aromatic N) is 2. The lowest BCUT2D eigenvalue weighted by atomic mass is 10.1. The third kappa shape index (κ3) is 3.62. The van der Waals surface area contributed by atoms with Gasteiger partial charge in [0, 0.05) is 11.0 Å². The van der Waals surface area contributed by atoms with E-state index < -0.39 is 0 Å². The quantitative estimate of drug-likeness (QED) is 0.388. The summed E-state index contributed by atoms with van der Waals surface area (Å²) in [5, 5.41) is 0. The van der Waals surface area contributed by atoms with Crippen LogP contribution in [-0.4, -0.2) is 14.1 Å². The maximum absolute atomic E-state index is 13.1. The van der Waals surface area contributed by atoms with Crippen molar-refractivity contribution in [3.8, 4) is 5.69 Å². The van der Waals surface area contributed by atoms with E-state index in [0.29, 0.717) is 25.6 Å². The van der Waals surface area contributed by atoms with Gasteiger partial charge in [0.05, 0.1) is 5.69 Å². The van der Waals surface area contributed by atoms with Crippen molar-refractivity contribution in [2.75, 3.05) is 0 Å². The Morgan fingerprint density at radius 3 is 2.44 bits per heavy atom. The number of H-pyrrole nitrogens is 1. The highest BCUT2D eigenvalue weighted by molar-refractivity contribution is 9.10. The van der Waals surface area contributed by atoms with E-state index in [2.05, 4.69) is 33.0 Å². The molecule has 4 rings (SSSR count). The van der Waals surface area contributed by atoms with Gasteiger partial charge in [0.15, 0.2) is 8.73 Å². The van der Waals surface area contributed by atoms with Crippen LogP contribution in [0.25, 0.3) is 16.0 Å². The summed E-state index contributed by atoms with van der Waals surface area (Å²) in [4.78, 5) is 16.3. The average Bonchev–Trinajstić information content (AvgIpc) is 2.98. The first kappa shape index (κ1) is 18.5. The van der Waals surface area contributed by atoms with Crippen LogP contribution in [0.1, 0.15) is 5.56 Å². The van der Waals surface area contributed by atoms with E-state index in [1.807, 2.05) is 47.0 Å². The second-order valence-electron chi connectivity index (χ2n) is 5.98. The third-order valence-electron chi connectivity index (χ3n) is 4.27. The Balaban J connectivity index is 1.81. The zero-order valence-corrected chi connectivity index (χ0v) is 18.1. The second kappa shape index (κ2) is 7.63. The molecule has 0 bridgehead atoms. The van der Waals surface area contributed by atoms with Crippen molar-refractivity contribution in [3.05, 3.63) is 83.7 Å². The van der Waals surface area contributed by atoms with Crippen LogP contribution in [0, 0.1) is 8.73 Å². The lowest BCUT2D eigenvalue weighted by Crippen LogP contribution is -2.20. The van der Waals surface area contributed by atoms with Gasteiger partial charge >= 0.3 is 0 Å². The number of benzene rings is 2. The molecule has 0 amide bonds. The number of aromatic amines is 1. The summed E-state index contributed by atoms with van der Waals surface area (Å²) < 4.78 is 6.03. The van der Waals surface area contributed by atoms with Gasteiger partial charge in [-0.25, -0.2) is 0 Å². The maximum atomic E-state index is 13.1. The summed E-state index contributed by atoms with van der Waals surface area (Å²) in [6.07, 6.45) is 0.831. The minimum atomic E-state index is -0.148. The summed E-state index contributed by atoms with van der Waals surface area (Å²) in [6.45, 7) is 0.690. The van der Waals surface area contributed by atoms with Gasteiger partial charge in [-0.15, -0.1) is 0 Å². The molecule has 0 spiro atoms. The molecule has 0 radical (unpaired) electrons. The number of aryl methyl sites for hydroxylation is 2. The van der Waals surface area contributed by atoms with E-state index in [1.54, 1.807) is 0 Å². The summed E-state index contributed by atoms with van der Waals surface area (Å²) in [7, 11) is 0. The van der Waals surface area contributed by atoms with Crippen molar-refractivity contribution in [2.45, 2.75) is 13.0 Å². The smallest absolute Gasteiger partial charge is 0.278 e. The minimum absolute atomic E-state index is 0.148. The highest BCUT2D eigenvalue weighted by Gasteiger charge is 2.14. The lowest BCUT2D eigenvalue weighted by molar-refractivity contribution is 0.710. The van der Waals surface area contributed by atoms with Crippen molar-refractivity contribution in [1.29, 1.82) is 0 Å². The van der Waals surface area contributed by atoms with Gasteiger partial charge < -0.3 is 9.55 Å². The molecule has 2 aromatic heterocycles. The van der Waals surface area contributed by atoms with Crippen LogP contribution in [-0.2, 0) is 13.0 Å². The summed E-state index contributed by atoms with van der Waals surface area (Å²) in [6, 6.07) is 17.7. The molecule has 0 aliphatic heterocycles. The van der Waals surface area contributed by atoms with Crippen molar-refractivity contribution in [1.82, 2.24) is 14.1 Å².